The van der Waals surface area contributed by atoms with E-state index in [2.05, 4.69) is 11.4 Å². The van der Waals surface area contributed by atoms with Crippen molar-refractivity contribution in [1.82, 2.24) is 0 Å². The monoisotopic (exact) mass is 328 g/mol. The van der Waals surface area contributed by atoms with Crippen molar-refractivity contribution in [2.75, 3.05) is 19.8 Å². The van der Waals surface area contributed by atoms with Gasteiger partial charge in [0.2, 0.25) is 0 Å². The largest absolute Gasteiger partial charge is 0.469 e. The molecule has 0 atom stereocenters. The van der Waals surface area contributed by atoms with Crippen molar-refractivity contribution in [1.29, 1.82) is 0 Å². The number of rotatable bonds is 13. The predicted molar refractivity (Wildman–Crippen MR) is 84.0 cm³/mol. The molecule has 0 aliphatic heterocycles. The van der Waals surface area contributed by atoms with Crippen LogP contribution in [0.25, 0.3) is 0 Å². The number of hydrogen-bond acceptors (Lipinski definition) is 4. The van der Waals surface area contributed by atoms with Gasteiger partial charge in [-0.1, -0.05) is 64.7 Å². The Hall–Kier alpha value is 0.0300. The maximum Gasteiger partial charge on any atom is 0.469 e. The first-order valence-electron chi connectivity index (χ1n) is 7.89. The molecule has 0 aliphatic rings. The Morgan fingerprint density at radius 2 is 1.14 bits per heavy atom. The molecule has 21 heavy (non-hydrogen) atoms. The zero-order valence-corrected chi connectivity index (χ0v) is 14.1. The third-order valence-corrected chi connectivity index (χ3v) is 3.38. The molecule has 0 saturated heterocycles. The highest BCUT2D eigenvalue weighted by atomic mass is 31.2. The number of phosphoric ester groups is 1. The molecule has 0 fully saturated rings. The Labute approximate surface area is 128 Å². The second kappa shape index (κ2) is 18.1. The Bertz CT molecular complexity index is 230. The molecular formula is C14H33O6P. The topological polar surface area (TPSA) is 107 Å². The molecule has 6 nitrogen and oxygen atoms in total. The number of hydrogen-bond donors (Lipinski definition) is 4. The van der Waals surface area contributed by atoms with Crippen LogP contribution in [0.2, 0.25) is 0 Å². The molecule has 0 spiro atoms. The van der Waals surface area contributed by atoms with E-state index >= 15 is 0 Å². The van der Waals surface area contributed by atoms with Crippen molar-refractivity contribution >= 4 is 7.82 Å². The van der Waals surface area contributed by atoms with E-state index in [4.69, 9.17) is 20.0 Å². The standard InChI is InChI=1S/C12H27O4P.C2H6O2/c1-2-3-4-5-6-7-8-9-10-11-12-16-17(13,14)15;3-1-2-4/h2-12H2,1H3,(H2,13,14,15);3-4H,1-2H2. The van der Waals surface area contributed by atoms with E-state index in [1.807, 2.05) is 0 Å². The summed E-state index contributed by atoms with van der Waals surface area (Å²) in [5.74, 6) is 0. The summed E-state index contributed by atoms with van der Waals surface area (Å²) < 4.78 is 14.7. The number of aliphatic hydroxyl groups is 2. The average Bonchev–Trinajstić information content (AvgIpc) is 2.44. The van der Waals surface area contributed by atoms with E-state index < -0.39 is 7.82 Å². The van der Waals surface area contributed by atoms with E-state index in [-0.39, 0.29) is 19.8 Å². The molecule has 0 saturated carbocycles. The lowest BCUT2D eigenvalue weighted by Crippen LogP contribution is -1.92. The van der Waals surface area contributed by atoms with Crippen LogP contribution in [-0.2, 0) is 9.09 Å². The predicted octanol–water partition coefficient (Wildman–Crippen LogP) is 2.99. The van der Waals surface area contributed by atoms with Gasteiger partial charge < -0.3 is 20.0 Å². The maximum absolute atomic E-state index is 10.4. The van der Waals surface area contributed by atoms with Gasteiger partial charge >= 0.3 is 7.82 Å². The SMILES string of the molecule is CCCCCCCCCCCCOP(=O)(O)O.OCCO. The summed E-state index contributed by atoms with van der Waals surface area (Å²) in [5.41, 5.74) is 0. The second-order valence-corrected chi connectivity index (χ2v) is 6.19. The van der Waals surface area contributed by atoms with Crippen LogP contribution in [-0.4, -0.2) is 39.8 Å². The second-order valence-electron chi connectivity index (χ2n) is 4.95. The minimum absolute atomic E-state index is 0.125. The highest BCUT2D eigenvalue weighted by Gasteiger charge is 2.12. The van der Waals surface area contributed by atoms with Gasteiger partial charge in [0.25, 0.3) is 0 Å². The van der Waals surface area contributed by atoms with Crippen LogP contribution in [0.1, 0.15) is 71.1 Å². The lowest BCUT2D eigenvalue weighted by molar-refractivity contribution is 0.186. The van der Waals surface area contributed by atoms with Crippen molar-refractivity contribution in [3.63, 3.8) is 0 Å². The van der Waals surface area contributed by atoms with Crippen molar-refractivity contribution in [3.05, 3.63) is 0 Å². The molecule has 0 bridgehead atoms. The van der Waals surface area contributed by atoms with Crippen LogP contribution in [0.5, 0.6) is 0 Å². The van der Waals surface area contributed by atoms with Gasteiger partial charge in [-0.15, -0.1) is 0 Å². The fourth-order valence-corrected chi connectivity index (χ4v) is 2.14. The lowest BCUT2D eigenvalue weighted by atomic mass is 10.1. The van der Waals surface area contributed by atoms with Gasteiger partial charge in [-0.2, -0.15) is 0 Å². The molecule has 130 valence electrons. The smallest absolute Gasteiger partial charge is 0.394 e. The van der Waals surface area contributed by atoms with E-state index in [9.17, 15) is 4.57 Å². The summed E-state index contributed by atoms with van der Waals surface area (Å²) in [6, 6.07) is 0. The first-order valence-corrected chi connectivity index (χ1v) is 9.42. The van der Waals surface area contributed by atoms with Crippen LogP contribution in [0.15, 0.2) is 0 Å². The van der Waals surface area contributed by atoms with Crippen LogP contribution in [0, 0.1) is 0 Å². The summed E-state index contributed by atoms with van der Waals surface area (Å²) in [6.45, 7) is 2.14. The summed E-state index contributed by atoms with van der Waals surface area (Å²) >= 11 is 0. The molecule has 4 N–H and O–H groups in total. The van der Waals surface area contributed by atoms with Gasteiger partial charge in [-0.25, -0.2) is 4.57 Å². The third kappa shape index (κ3) is 28.8. The molecule has 0 unspecified atom stereocenters. The minimum atomic E-state index is -4.24. The van der Waals surface area contributed by atoms with Crippen molar-refractivity contribution in [2.24, 2.45) is 0 Å². The van der Waals surface area contributed by atoms with Gasteiger partial charge in [-0.3, -0.25) is 4.52 Å². The van der Waals surface area contributed by atoms with Crippen LogP contribution in [0.4, 0.5) is 0 Å². The molecule has 0 radical (unpaired) electrons. The lowest BCUT2D eigenvalue weighted by Gasteiger charge is -2.05. The summed E-state index contributed by atoms with van der Waals surface area (Å²) in [6.07, 6.45) is 12.0. The summed E-state index contributed by atoms with van der Waals surface area (Å²) in [4.78, 5) is 16.9. The molecule has 0 aromatic heterocycles. The van der Waals surface area contributed by atoms with E-state index in [0.717, 1.165) is 19.3 Å². The Kier molecular flexibility index (Phi) is 20.1. The highest BCUT2D eigenvalue weighted by Crippen LogP contribution is 2.35. The Balaban J connectivity index is 0. The van der Waals surface area contributed by atoms with Gasteiger partial charge in [0.05, 0.1) is 19.8 Å². The Morgan fingerprint density at radius 3 is 1.48 bits per heavy atom. The Morgan fingerprint density at radius 1 is 0.762 bits per heavy atom. The fourth-order valence-electron chi connectivity index (χ4n) is 1.77. The summed E-state index contributed by atoms with van der Waals surface area (Å²) in [5, 5.41) is 15.2. The molecule has 0 aromatic rings. The normalized spacial score (nSPS) is 11.1. The zero-order valence-electron chi connectivity index (χ0n) is 13.2. The molecular weight excluding hydrogens is 295 g/mol. The van der Waals surface area contributed by atoms with E-state index in [1.54, 1.807) is 0 Å². The van der Waals surface area contributed by atoms with Crippen LogP contribution in [0.3, 0.4) is 0 Å². The van der Waals surface area contributed by atoms with Gasteiger partial charge in [0, 0.05) is 0 Å². The number of aliphatic hydroxyl groups excluding tert-OH is 2. The van der Waals surface area contributed by atoms with Gasteiger partial charge in [-0.05, 0) is 6.42 Å². The maximum atomic E-state index is 10.4. The highest BCUT2D eigenvalue weighted by molar-refractivity contribution is 7.46. The fraction of sp³-hybridized carbons (Fsp3) is 1.00. The van der Waals surface area contributed by atoms with Gasteiger partial charge in [0.15, 0.2) is 0 Å². The average molecular weight is 328 g/mol. The van der Waals surface area contributed by atoms with Gasteiger partial charge in [0.1, 0.15) is 0 Å². The van der Waals surface area contributed by atoms with Crippen molar-refractivity contribution in [2.45, 2.75) is 71.1 Å². The van der Waals surface area contributed by atoms with E-state index in [0.29, 0.717) is 0 Å². The van der Waals surface area contributed by atoms with E-state index in [1.165, 1.54) is 44.9 Å². The molecule has 0 aliphatic carbocycles. The molecule has 0 rings (SSSR count). The number of unbranched alkanes of at least 4 members (excludes halogenated alkanes) is 9. The summed E-state index contributed by atoms with van der Waals surface area (Å²) in [7, 11) is -4.24. The van der Waals surface area contributed by atoms with Crippen LogP contribution < -0.4 is 0 Å². The zero-order chi connectivity index (χ0) is 16.4. The first-order chi connectivity index (χ1) is 9.97. The number of phosphoric acid groups is 1. The van der Waals surface area contributed by atoms with Crippen molar-refractivity contribution < 1.29 is 29.1 Å². The molecule has 0 heterocycles. The molecule has 0 aromatic carbocycles. The quantitative estimate of drug-likeness (QED) is 0.306. The van der Waals surface area contributed by atoms with Crippen LogP contribution >= 0.6 is 7.82 Å². The molecule has 0 amide bonds. The minimum Gasteiger partial charge on any atom is -0.394 e. The first kappa shape index (κ1) is 23.3. The third-order valence-electron chi connectivity index (χ3n) is 2.86. The van der Waals surface area contributed by atoms with Crippen molar-refractivity contribution in [3.8, 4) is 0 Å². The molecule has 7 heteroatoms.